The van der Waals surface area contributed by atoms with Crippen molar-refractivity contribution in [1.82, 2.24) is 4.31 Å². The minimum absolute atomic E-state index is 0.250. The van der Waals surface area contributed by atoms with Gasteiger partial charge < -0.3 is 15.8 Å². The molecule has 0 atom stereocenters. The molecule has 8 heteroatoms. The first-order valence-corrected chi connectivity index (χ1v) is 11.1. The van der Waals surface area contributed by atoms with Gasteiger partial charge in [0.15, 0.2) is 0 Å². The third-order valence-corrected chi connectivity index (χ3v) is 7.51. The van der Waals surface area contributed by atoms with Crippen LogP contribution in [0.2, 0.25) is 0 Å². The van der Waals surface area contributed by atoms with Gasteiger partial charge >= 0.3 is 0 Å². The number of benzene rings is 1. The molecule has 1 aromatic rings. The number of hydrogen-bond acceptors (Lipinski definition) is 5. The maximum atomic E-state index is 13.1. The molecule has 3 rings (SSSR count). The molecule has 0 unspecified atom stereocenters. The number of carbonyl (C=O) groups is 1. The highest BCUT2D eigenvalue weighted by Crippen LogP contribution is 2.27. The van der Waals surface area contributed by atoms with Gasteiger partial charge in [-0.15, -0.1) is 0 Å². The van der Waals surface area contributed by atoms with E-state index in [2.05, 4.69) is 5.32 Å². The summed E-state index contributed by atoms with van der Waals surface area (Å²) >= 11 is 0. The van der Waals surface area contributed by atoms with Crippen LogP contribution in [-0.4, -0.2) is 50.5 Å². The Morgan fingerprint density at radius 1 is 1.15 bits per heavy atom. The number of carbonyl (C=O) groups excluding carboxylic acids is 1. The first-order valence-electron chi connectivity index (χ1n) is 9.62. The zero-order valence-corrected chi connectivity index (χ0v) is 16.7. The van der Waals surface area contributed by atoms with Crippen LogP contribution in [0.3, 0.4) is 0 Å². The summed E-state index contributed by atoms with van der Waals surface area (Å²) in [5.41, 5.74) is 6.37. The van der Waals surface area contributed by atoms with Gasteiger partial charge in [0, 0.05) is 32.0 Å². The minimum Gasteiger partial charge on any atom is -0.381 e. The number of rotatable bonds is 4. The van der Waals surface area contributed by atoms with E-state index in [-0.39, 0.29) is 10.8 Å². The summed E-state index contributed by atoms with van der Waals surface area (Å²) in [5, 5.41) is 2.80. The fraction of sp³-hybridized carbons (Fsp3) is 0.632. The molecule has 2 heterocycles. The summed E-state index contributed by atoms with van der Waals surface area (Å²) in [6.45, 7) is 3.77. The van der Waals surface area contributed by atoms with Crippen LogP contribution in [0.15, 0.2) is 23.1 Å². The third kappa shape index (κ3) is 4.51. The van der Waals surface area contributed by atoms with Gasteiger partial charge in [0.2, 0.25) is 15.9 Å². The van der Waals surface area contributed by atoms with E-state index in [1.54, 1.807) is 29.4 Å². The van der Waals surface area contributed by atoms with Crippen LogP contribution in [0.1, 0.15) is 44.1 Å². The molecule has 2 fully saturated rings. The Bertz CT molecular complexity index is 780. The Hall–Kier alpha value is -1.48. The van der Waals surface area contributed by atoms with Crippen molar-refractivity contribution in [1.29, 1.82) is 0 Å². The van der Waals surface area contributed by atoms with Gasteiger partial charge in [0.05, 0.1) is 4.90 Å². The summed E-state index contributed by atoms with van der Waals surface area (Å²) in [7, 11) is -3.58. The van der Waals surface area contributed by atoms with Gasteiger partial charge in [-0.05, 0) is 50.3 Å². The summed E-state index contributed by atoms with van der Waals surface area (Å²) < 4.78 is 33.1. The molecule has 0 aliphatic carbocycles. The fourth-order valence-electron chi connectivity index (χ4n) is 3.60. The number of nitrogens with one attached hydrogen (secondary N) is 1. The average molecular weight is 396 g/mol. The second-order valence-corrected chi connectivity index (χ2v) is 9.43. The second kappa shape index (κ2) is 8.26. The van der Waals surface area contributed by atoms with Gasteiger partial charge in [0.1, 0.15) is 5.54 Å². The van der Waals surface area contributed by atoms with Gasteiger partial charge in [-0.25, -0.2) is 8.42 Å². The molecule has 0 bridgehead atoms. The Morgan fingerprint density at radius 2 is 1.78 bits per heavy atom. The van der Waals surface area contributed by atoms with E-state index in [9.17, 15) is 13.2 Å². The molecule has 27 heavy (non-hydrogen) atoms. The number of anilines is 1. The van der Waals surface area contributed by atoms with Gasteiger partial charge in [0.25, 0.3) is 0 Å². The molecule has 1 aromatic carbocycles. The largest absolute Gasteiger partial charge is 0.381 e. The van der Waals surface area contributed by atoms with E-state index in [0.29, 0.717) is 50.4 Å². The van der Waals surface area contributed by atoms with Crippen molar-refractivity contribution in [2.45, 2.75) is 55.9 Å². The Labute approximate surface area is 161 Å². The molecule has 7 nitrogen and oxygen atoms in total. The molecular formula is C19H29N3O4S. The highest BCUT2D eigenvalue weighted by molar-refractivity contribution is 7.89. The lowest BCUT2D eigenvalue weighted by Gasteiger charge is -2.31. The Balaban J connectivity index is 1.82. The van der Waals surface area contributed by atoms with E-state index in [0.717, 1.165) is 25.7 Å². The van der Waals surface area contributed by atoms with E-state index in [1.165, 1.54) is 0 Å². The van der Waals surface area contributed by atoms with E-state index in [1.807, 2.05) is 0 Å². The fourth-order valence-corrected chi connectivity index (χ4v) is 5.36. The molecule has 0 spiro atoms. The first-order chi connectivity index (χ1) is 12.8. The number of amides is 1. The average Bonchev–Trinajstić information content (AvgIpc) is 2.94. The predicted octanol–water partition coefficient (Wildman–Crippen LogP) is 2.01. The lowest BCUT2D eigenvalue weighted by molar-refractivity contribution is -0.124. The van der Waals surface area contributed by atoms with Crippen molar-refractivity contribution in [2.24, 2.45) is 5.73 Å². The van der Waals surface area contributed by atoms with Crippen molar-refractivity contribution >= 4 is 21.6 Å². The van der Waals surface area contributed by atoms with Crippen molar-refractivity contribution in [3.05, 3.63) is 23.8 Å². The minimum atomic E-state index is -3.58. The molecular weight excluding hydrogens is 366 g/mol. The molecule has 3 N–H and O–H groups in total. The quantitative estimate of drug-likeness (QED) is 0.812. The maximum absolute atomic E-state index is 13.1. The molecule has 2 aliphatic heterocycles. The van der Waals surface area contributed by atoms with Gasteiger partial charge in [-0.3, -0.25) is 4.79 Å². The molecule has 2 aliphatic rings. The van der Waals surface area contributed by atoms with Gasteiger partial charge in [-0.2, -0.15) is 4.31 Å². The van der Waals surface area contributed by atoms with Crippen LogP contribution in [-0.2, 0) is 19.6 Å². The number of nitrogens with zero attached hydrogens (tertiary/aromatic N) is 1. The highest BCUT2D eigenvalue weighted by Gasteiger charge is 2.36. The predicted molar refractivity (Wildman–Crippen MR) is 104 cm³/mol. The first kappa shape index (κ1) is 20.3. The van der Waals surface area contributed by atoms with Crippen molar-refractivity contribution in [3.8, 4) is 0 Å². The van der Waals surface area contributed by atoms with E-state index < -0.39 is 15.6 Å². The molecule has 0 radical (unpaired) electrons. The lowest BCUT2D eigenvalue weighted by Crippen LogP contribution is -2.54. The van der Waals surface area contributed by atoms with E-state index >= 15 is 0 Å². The number of ether oxygens (including phenoxy) is 1. The molecule has 2 saturated heterocycles. The normalized spacial score (nSPS) is 21.4. The monoisotopic (exact) mass is 395 g/mol. The number of sulfonamides is 1. The number of hydrogen-bond donors (Lipinski definition) is 2. The lowest BCUT2D eigenvalue weighted by atomic mass is 9.90. The number of nitrogens with two attached hydrogens (primary N) is 1. The standard InChI is InChI=1S/C19H29N3O4S/c1-15-6-7-16(21-18(23)19(20)8-12-26-13-9-19)14-17(15)27(24,25)22-10-4-2-3-5-11-22/h6-7,14H,2-5,8-13,20H2,1H3,(H,21,23). The van der Waals surface area contributed by atoms with Crippen LogP contribution in [0.25, 0.3) is 0 Å². The van der Waals surface area contributed by atoms with Crippen molar-refractivity contribution in [3.63, 3.8) is 0 Å². The highest BCUT2D eigenvalue weighted by atomic mass is 32.2. The van der Waals surface area contributed by atoms with Crippen LogP contribution >= 0.6 is 0 Å². The zero-order chi connectivity index (χ0) is 19.5. The third-order valence-electron chi connectivity index (χ3n) is 5.47. The molecule has 150 valence electrons. The summed E-state index contributed by atoms with van der Waals surface area (Å²) in [5.74, 6) is -0.298. The number of aryl methyl sites for hydroxylation is 1. The van der Waals surface area contributed by atoms with Crippen LogP contribution in [0, 0.1) is 6.92 Å². The molecule has 0 saturated carbocycles. The SMILES string of the molecule is Cc1ccc(NC(=O)C2(N)CCOCC2)cc1S(=O)(=O)N1CCCCCC1. The second-order valence-electron chi connectivity index (χ2n) is 7.52. The molecule has 0 aromatic heterocycles. The smallest absolute Gasteiger partial charge is 0.244 e. The van der Waals surface area contributed by atoms with Crippen LogP contribution < -0.4 is 11.1 Å². The summed E-state index contributed by atoms with van der Waals surface area (Å²) in [6, 6.07) is 5.00. The van der Waals surface area contributed by atoms with Crippen molar-refractivity contribution < 1.29 is 17.9 Å². The Kier molecular flexibility index (Phi) is 6.20. The summed E-state index contributed by atoms with van der Waals surface area (Å²) in [4.78, 5) is 12.9. The topological polar surface area (TPSA) is 102 Å². The van der Waals surface area contributed by atoms with Gasteiger partial charge in [-0.1, -0.05) is 18.9 Å². The maximum Gasteiger partial charge on any atom is 0.244 e. The summed E-state index contributed by atoms with van der Waals surface area (Å²) in [6.07, 6.45) is 4.78. The van der Waals surface area contributed by atoms with Crippen LogP contribution in [0.4, 0.5) is 5.69 Å². The van der Waals surface area contributed by atoms with E-state index in [4.69, 9.17) is 10.5 Å². The van der Waals surface area contributed by atoms with Crippen molar-refractivity contribution in [2.75, 3.05) is 31.6 Å². The Morgan fingerprint density at radius 3 is 2.41 bits per heavy atom. The van der Waals surface area contributed by atoms with Crippen LogP contribution in [0.5, 0.6) is 0 Å². The zero-order valence-electron chi connectivity index (χ0n) is 15.9. The molecule has 1 amide bonds.